The second-order valence-corrected chi connectivity index (χ2v) is 26.1. The van der Waals surface area contributed by atoms with E-state index in [1.54, 1.807) is 0 Å². The number of nitrogens with zero attached hydrogens (tertiary/aromatic N) is 1. The monoisotopic (exact) mass is 1140 g/mol. The van der Waals surface area contributed by atoms with E-state index in [1.807, 2.05) is 33.3 Å². The molecule has 0 aromatic rings. The van der Waals surface area contributed by atoms with E-state index >= 15 is 0 Å². The molecule has 0 bridgehead atoms. The summed E-state index contributed by atoms with van der Waals surface area (Å²) in [5.74, 6) is -0.532. The molecule has 1 amide bonds. The molecule has 10 heteroatoms. The number of quaternary nitrogens is 1. The van der Waals surface area contributed by atoms with Crippen molar-refractivity contribution in [1.29, 1.82) is 0 Å². The van der Waals surface area contributed by atoms with Gasteiger partial charge in [0, 0.05) is 12.8 Å². The van der Waals surface area contributed by atoms with Gasteiger partial charge in [0.25, 0.3) is 7.82 Å². The van der Waals surface area contributed by atoms with Crippen LogP contribution in [0, 0.1) is 0 Å². The van der Waals surface area contributed by atoms with Crippen molar-refractivity contribution in [2.75, 3.05) is 40.9 Å². The van der Waals surface area contributed by atoms with E-state index in [0.717, 1.165) is 77.0 Å². The van der Waals surface area contributed by atoms with Crippen LogP contribution >= 0.6 is 7.82 Å². The Hall–Kier alpha value is -2.03. The first-order valence-corrected chi connectivity index (χ1v) is 35.9. The largest absolute Gasteiger partial charge is 0.756 e. The van der Waals surface area contributed by atoms with E-state index in [1.165, 1.54) is 225 Å². The SMILES string of the molecule is CCCCC/C=C\C/C=C\CCCCCCCCCCCCCCCCCCCC(=O)NC(COP(=O)([O-])OCC[N+](C)(C)C)C(/C=C\CCCCCCCCCCCC)OC(=O)CCCCCCCCC/C=C\CCCCCC. The first-order valence-electron chi connectivity index (χ1n) is 34.4. The zero-order chi connectivity index (χ0) is 58.6. The lowest BCUT2D eigenvalue weighted by molar-refractivity contribution is -0.870. The maximum absolute atomic E-state index is 13.6. The summed E-state index contributed by atoms with van der Waals surface area (Å²) in [6, 6.07) is -0.888. The number of likely N-dealkylation sites (N-methyl/N-ethyl adjacent to an activating group) is 1. The first-order chi connectivity index (χ1) is 38.9. The molecule has 9 nitrogen and oxygen atoms in total. The zero-order valence-corrected chi connectivity index (χ0v) is 54.7. The van der Waals surface area contributed by atoms with Gasteiger partial charge in [-0.3, -0.25) is 14.2 Å². The standard InChI is InChI=1S/C70H133N2O7P/c1-7-10-13-16-19-22-25-28-30-31-32-33-34-35-36-37-38-39-40-41-43-44-47-50-53-56-59-62-69(73)71-67(66-78-80(75,76)77-65-64-72(4,5)6)68(61-58-55-52-49-46-27-24-21-18-15-12-9-3)79-70(74)63-60-57-54-51-48-45-42-29-26-23-20-17-14-11-8-2/h19,22-23,26,28,30,58,61,67-68H,7-18,20-21,24-25,27,29,31-57,59-60,62-66H2,1-6H3,(H-,71,73,75,76)/b22-19-,26-23-,30-28-,61-58-. The normalized spacial score (nSPS) is 13.8. The summed E-state index contributed by atoms with van der Waals surface area (Å²) >= 11 is 0. The van der Waals surface area contributed by atoms with E-state index in [0.29, 0.717) is 17.4 Å². The summed E-state index contributed by atoms with van der Waals surface area (Å²) in [5, 5.41) is 3.04. The molecule has 0 aliphatic rings. The quantitative estimate of drug-likeness (QED) is 0.0212. The average Bonchev–Trinajstić information content (AvgIpc) is 3.42. The third kappa shape index (κ3) is 60.6. The molecular weight excluding hydrogens is 1010 g/mol. The van der Waals surface area contributed by atoms with Crippen molar-refractivity contribution in [2.45, 2.75) is 348 Å². The maximum atomic E-state index is 13.6. The summed E-state index contributed by atoms with van der Waals surface area (Å²) in [5.41, 5.74) is 0. The third-order valence-electron chi connectivity index (χ3n) is 15.5. The van der Waals surface area contributed by atoms with Crippen molar-refractivity contribution < 1.29 is 37.3 Å². The van der Waals surface area contributed by atoms with Gasteiger partial charge < -0.3 is 28.5 Å². The Labute approximate surface area is 497 Å². The van der Waals surface area contributed by atoms with E-state index in [2.05, 4.69) is 62.5 Å². The van der Waals surface area contributed by atoms with E-state index < -0.39 is 20.0 Å². The molecule has 0 saturated heterocycles. The number of allylic oxidation sites excluding steroid dienone is 7. The van der Waals surface area contributed by atoms with Gasteiger partial charge in [-0.05, 0) is 89.5 Å². The van der Waals surface area contributed by atoms with E-state index in [9.17, 15) is 19.0 Å². The van der Waals surface area contributed by atoms with Gasteiger partial charge in [0.05, 0.1) is 33.8 Å². The van der Waals surface area contributed by atoms with Crippen LogP contribution in [0.4, 0.5) is 0 Å². The Morgan fingerprint density at radius 1 is 0.438 bits per heavy atom. The van der Waals surface area contributed by atoms with Gasteiger partial charge in [-0.25, -0.2) is 0 Å². The average molecular weight is 1150 g/mol. The minimum atomic E-state index is -4.70. The zero-order valence-electron chi connectivity index (χ0n) is 53.8. The summed E-state index contributed by atoms with van der Waals surface area (Å²) in [6.07, 6.45) is 75.2. The van der Waals surface area contributed by atoms with Crippen LogP contribution < -0.4 is 10.2 Å². The molecule has 3 atom stereocenters. The smallest absolute Gasteiger partial charge is 0.306 e. The fourth-order valence-electron chi connectivity index (χ4n) is 10.1. The molecule has 0 heterocycles. The molecule has 0 aromatic carbocycles. The van der Waals surface area contributed by atoms with Crippen LogP contribution in [0.5, 0.6) is 0 Å². The number of carbonyl (C=O) groups excluding carboxylic acids is 2. The Bertz CT molecular complexity index is 1510. The van der Waals surface area contributed by atoms with Gasteiger partial charge in [-0.1, -0.05) is 282 Å². The molecule has 0 aromatic heterocycles. The fourth-order valence-corrected chi connectivity index (χ4v) is 10.9. The Kier molecular flexibility index (Phi) is 58.6. The molecule has 0 fully saturated rings. The van der Waals surface area contributed by atoms with Gasteiger partial charge in [-0.2, -0.15) is 0 Å². The second kappa shape index (κ2) is 60.1. The molecule has 0 rings (SSSR count). The summed E-state index contributed by atoms with van der Waals surface area (Å²) in [4.78, 5) is 40.1. The number of unbranched alkanes of at least 4 members (excludes halogenated alkanes) is 41. The number of ether oxygens (including phenoxy) is 1. The molecule has 470 valence electrons. The van der Waals surface area contributed by atoms with Gasteiger partial charge in [-0.15, -0.1) is 0 Å². The van der Waals surface area contributed by atoms with Gasteiger partial charge in [0.15, 0.2) is 0 Å². The van der Waals surface area contributed by atoms with Crippen LogP contribution in [0.1, 0.15) is 335 Å². The highest BCUT2D eigenvalue weighted by Gasteiger charge is 2.27. The van der Waals surface area contributed by atoms with Crippen molar-refractivity contribution in [3.63, 3.8) is 0 Å². The van der Waals surface area contributed by atoms with Gasteiger partial charge in [0.2, 0.25) is 5.91 Å². The highest BCUT2D eigenvalue weighted by molar-refractivity contribution is 7.45. The number of amides is 1. The Morgan fingerprint density at radius 2 is 0.762 bits per heavy atom. The van der Waals surface area contributed by atoms with E-state index in [4.69, 9.17) is 13.8 Å². The molecule has 0 spiro atoms. The molecule has 0 saturated carbocycles. The van der Waals surface area contributed by atoms with E-state index in [-0.39, 0.29) is 31.5 Å². The van der Waals surface area contributed by atoms with Crippen molar-refractivity contribution in [3.8, 4) is 0 Å². The molecular formula is C70H133N2O7P. The number of phosphoric acid groups is 1. The third-order valence-corrected chi connectivity index (χ3v) is 16.4. The van der Waals surface area contributed by atoms with Crippen LogP contribution in [0.25, 0.3) is 0 Å². The van der Waals surface area contributed by atoms with Gasteiger partial charge >= 0.3 is 5.97 Å². The lowest BCUT2D eigenvalue weighted by atomic mass is 10.0. The highest BCUT2D eigenvalue weighted by Crippen LogP contribution is 2.38. The molecule has 1 N–H and O–H groups in total. The van der Waals surface area contributed by atoms with Crippen molar-refractivity contribution >= 4 is 19.7 Å². The lowest BCUT2D eigenvalue weighted by Crippen LogP contribution is -2.47. The predicted molar refractivity (Wildman–Crippen MR) is 344 cm³/mol. The molecule has 80 heavy (non-hydrogen) atoms. The number of carbonyl (C=O) groups is 2. The molecule has 0 aliphatic heterocycles. The van der Waals surface area contributed by atoms with Gasteiger partial charge in [0.1, 0.15) is 19.3 Å². The van der Waals surface area contributed by atoms with Crippen LogP contribution in [-0.2, 0) is 27.9 Å². The lowest BCUT2D eigenvalue weighted by Gasteiger charge is -2.30. The molecule has 0 aliphatic carbocycles. The topological polar surface area (TPSA) is 114 Å². The Balaban J connectivity index is 4.99. The maximum Gasteiger partial charge on any atom is 0.306 e. The summed E-state index contributed by atoms with van der Waals surface area (Å²) in [6.45, 7) is 6.84. The second-order valence-electron chi connectivity index (χ2n) is 24.7. The number of nitrogens with one attached hydrogen (secondary N) is 1. The van der Waals surface area contributed by atoms with Crippen LogP contribution in [0.2, 0.25) is 0 Å². The number of phosphoric ester groups is 1. The Morgan fingerprint density at radius 3 is 1.18 bits per heavy atom. The van der Waals surface area contributed by atoms with Crippen LogP contribution in [0.15, 0.2) is 48.6 Å². The van der Waals surface area contributed by atoms with Crippen molar-refractivity contribution in [3.05, 3.63) is 48.6 Å². The molecule has 0 radical (unpaired) electrons. The summed E-state index contributed by atoms with van der Waals surface area (Å²) in [7, 11) is 1.19. The predicted octanol–water partition coefficient (Wildman–Crippen LogP) is 21.0. The number of hydrogen-bond acceptors (Lipinski definition) is 7. The first kappa shape index (κ1) is 78.0. The minimum absolute atomic E-state index is 0.0214. The highest BCUT2D eigenvalue weighted by atomic mass is 31.2. The number of hydrogen-bond donors (Lipinski definition) is 1. The van der Waals surface area contributed by atoms with Crippen molar-refractivity contribution in [1.82, 2.24) is 5.32 Å². The number of esters is 1. The van der Waals surface area contributed by atoms with Crippen molar-refractivity contribution in [2.24, 2.45) is 0 Å². The molecule has 3 unspecified atom stereocenters. The summed E-state index contributed by atoms with van der Waals surface area (Å²) < 4.78 is 30.4. The van der Waals surface area contributed by atoms with Crippen LogP contribution in [0.3, 0.4) is 0 Å². The van der Waals surface area contributed by atoms with Crippen LogP contribution in [-0.4, -0.2) is 69.4 Å². The number of rotatable bonds is 63. The minimum Gasteiger partial charge on any atom is -0.756 e. The fraction of sp³-hybridized carbons (Fsp3) is 0.857.